The first-order valence-corrected chi connectivity index (χ1v) is 14.9. The molecule has 1 aromatic carbocycles. The molecule has 4 aliphatic rings. The second kappa shape index (κ2) is 11.3. The van der Waals surface area contributed by atoms with Gasteiger partial charge >= 0.3 is 5.97 Å². The lowest BCUT2D eigenvalue weighted by Gasteiger charge is -2.54. The van der Waals surface area contributed by atoms with E-state index < -0.39 is 29.8 Å². The molecule has 0 radical (unpaired) electrons. The van der Waals surface area contributed by atoms with Crippen molar-refractivity contribution >= 4 is 28.6 Å². The molecular formula is C30H39N5O5. The molecule has 4 atom stereocenters. The van der Waals surface area contributed by atoms with Crippen LogP contribution in [0.25, 0.3) is 11.0 Å². The molecule has 6 rings (SSSR count). The molecule has 4 unspecified atom stereocenters. The molecule has 2 aromatic rings. The molecule has 1 aromatic heterocycles. The monoisotopic (exact) mass is 549 g/mol. The number of piperidine rings is 2. The van der Waals surface area contributed by atoms with Crippen LogP contribution in [0.5, 0.6) is 0 Å². The number of aliphatic carboxylic acids is 1. The maximum Gasteiger partial charge on any atom is 0.344 e. The van der Waals surface area contributed by atoms with E-state index in [4.69, 9.17) is 15.7 Å². The molecular weight excluding hydrogens is 510 g/mol. The number of rotatable bonds is 7. The summed E-state index contributed by atoms with van der Waals surface area (Å²) in [6.07, 6.45) is 14.8. The highest BCUT2D eigenvalue weighted by atomic mass is 16.6. The minimum absolute atomic E-state index is 0.0503. The zero-order valence-electron chi connectivity index (χ0n) is 22.9. The van der Waals surface area contributed by atoms with E-state index in [0.717, 1.165) is 37.5 Å². The highest BCUT2D eigenvalue weighted by molar-refractivity contribution is 6.44. The average Bonchev–Trinajstić information content (AvgIpc) is 3.09. The van der Waals surface area contributed by atoms with Gasteiger partial charge in [0, 0.05) is 24.2 Å². The lowest BCUT2D eigenvalue weighted by Crippen LogP contribution is -2.58. The first kappa shape index (κ1) is 26.9. The zero-order chi connectivity index (χ0) is 27.8. The molecule has 0 spiro atoms. The number of carboxylic acids is 1. The fraction of sp³-hybridized carbons (Fsp3) is 0.633. The lowest BCUT2D eigenvalue weighted by atomic mass is 9.73. The Morgan fingerprint density at radius 1 is 0.925 bits per heavy atom. The summed E-state index contributed by atoms with van der Waals surface area (Å²) < 4.78 is 1.79. The van der Waals surface area contributed by atoms with E-state index in [0.29, 0.717) is 29.2 Å². The number of fused-ring (bicyclic) bond motifs is 5. The predicted molar refractivity (Wildman–Crippen MR) is 150 cm³/mol. The van der Waals surface area contributed by atoms with Crippen LogP contribution in [0, 0.1) is 11.8 Å². The number of carbonyl (C=O) groups excluding carboxylic acids is 1. The standard InChI is InChI=1S/C30H39N5O5/c31-29(38)27(33-40-17-26(36)37)28-30(39)35(25-11-4-3-10-24(25)32-28)23-15-20-8-5-9-21(16-23)34(20)22-13-18-6-1-2-7-19(12-18)14-22/h3-4,10-11,18-23H,1-2,5-9,12-17H2,(H2,31,38)(H,36,37)/b33-27-. The van der Waals surface area contributed by atoms with Crippen LogP contribution in [0.2, 0.25) is 0 Å². The van der Waals surface area contributed by atoms with E-state index in [9.17, 15) is 14.4 Å². The largest absolute Gasteiger partial charge is 0.479 e. The fourth-order valence-electron chi connectivity index (χ4n) is 8.33. The first-order valence-electron chi connectivity index (χ1n) is 14.9. The minimum atomic E-state index is -1.26. The van der Waals surface area contributed by atoms with Gasteiger partial charge < -0.3 is 20.2 Å². The Hall–Kier alpha value is -3.27. The summed E-state index contributed by atoms with van der Waals surface area (Å²) in [5, 5.41) is 12.5. The highest BCUT2D eigenvalue weighted by Crippen LogP contribution is 2.47. The number of oxime groups is 1. The summed E-state index contributed by atoms with van der Waals surface area (Å²) >= 11 is 0. The number of nitrogens with zero attached hydrogens (tertiary/aromatic N) is 4. The van der Waals surface area contributed by atoms with Gasteiger partial charge in [0.2, 0.25) is 6.61 Å². The van der Waals surface area contributed by atoms with Crippen molar-refractivity contribution in [3.8, 4) is 0 Å². The Balaban J connectivity index is 1.35. The highest BCUT2D eigenvalue weighted by Gasteiger charge is 2.45. The molecule has 2 saturated heterocycles. The summed E-state index contributed by atoms with van der Waals surface area (Å²) in [6, 6.07) is 8.84. The van der Waals surface area contributed by atoms with Crippen LogP contribution < -0.4 is 11.3 Å². The number of primary amides is 1. The molecule has 214 valence electrons. The summed E-state index contributed by atoms with van der Waals surface area (Å²) in [6.45, 7) is -0.761. The molecule has 40 heavy (non-hydrogen) atoms. The number of para-hydroxylation sites is 2. The Labute approximate surface area is 233 Å². The average molecular weight is 550 g/mol. The van der Waals surface area contributed by atoms with E-state index >= 15 is 0 Å². The van der Waals surface area contributed by atoms with Gasteiger partial charge in [-0.2, -0.15) is 0 Å². The third-order valence-electron chi connectivity index (χ3n) is 9.74. The second-order valence-corrected chi connectivity index (χ2v) is 12.3. The molecule has 2 saturated carbocycles. The SMILES string of the molecule is NC(=O)/C(=N\OCC(=O)O)c1nc2ccccc2n(C2CC3CCCC(C2)N3C2CC3CCCCC(C3)C2)c1=O. The van der Waals surface area contributed by atoms with E-state index in [1.165, 1.54) is 51.4 Å². The smallest absolute Gasteiger partial charge is 0.344 e. The van der Waals surface area contributed by atoms with Crippen LogP contribution in [0.4, 0.5) is 0 Å². The topological polar surface area (TPSA) is 140 Å². The summed E-state index contributed by atoms with van der Waals surface area (Å²) in [5.74, 6) is -0.544. The Morgan fingerprint density at radius 2 is 1.60 bits per heavy atom. The van der Waals surface area contributed by atoms with Gasteiger partial charge in [-0.3, -0.25) is 14.5 Å². The van der Waals surface area contributed by atoms with Gasteiger partial charge in [-0.25, -0.2) is 9.78 Å². The van der Waals surface area contributed by atoms with Crippen molar-refractivity contribution in [2.45, 2.75) is 101 Å². The molecule has 10 heteroatoms. The molecule has 4 fully saturated rings. The van der Waals surface area contributed by atoms with Crippen LogP contribution in [-0.2, 0) is 14.4 Å². The summed E-state index contributed by atoms with van der Waals surface area (Å²) in [5.41, 5.74) is 5.70. The molecule has 10 nitrogen and oxygen atoms in total. The van der Waals surface area contributed by atoms with Crippen LogP contribution >= 0.6 is 0 Å². The van der Waals surface area contributed by atoms with Crippen LogP contribution in [0.15, 0.2) is 34.2 Å². The van der Waals surface area contributed by atoms with Crippen LogP contribution in [0.1, 0.15) is 88.8 Å². The minimum Gasteiger partial charge on any atom is -0.479 e. The maximum absolute atomic E-state index is 14.0. The number of benzene rings is 1. The molecule has 4 bridgehead atoms. The molecule has 2 aliphatic carbocycles. The van der Waals surface area contributed by atoms with E-state index in [-0.39, 0.29) is 11.7 Å². The Bertz CT molecular complexity index is 1340. The molecule has 3 N–H and O–H groups in total. The lowest BCUT2D eigenvalue weighted by molar-refractivity contribution is -0.142. The van der Waals surface area contributed by atoms with E-state index in [2.05, 4.69) is 15.0 Å². The van der Waals surface area contributed by atoms with Gasteiger partial charge in [-0.15, -0.1) is 0 Å². The number of amides is 1. The first-order chi connectivity index (χ1) is 19.4. The Morgan fingerprint density at radius 3 is 2.25 bits per heavy atom. The van der Waals surface area contributed by atoms with Gasteiger partial charge in [0.15, 0.2) is 11.4 Å². The third kappa shape index (κ3) is 5.25. The van der Waals surface area contributed by atoms with Crippen molar-refractivity contribution in [1.29, 1.82) is 0 Å². The molecule has 3 heterocycles. The predicted octanol–water partition coefficient (Wildman–Crippen LogP) is 3.60. The normalized spacial score (nSPS) is 30.9. The van der Waals surface area contributed by atoms with Crippen LogP contribution in [-0.4, -0.2) is 61.9 Å². The number of hydrogen-bond acceptors (Lipinski definition) is 7. The molecule has 1 amide bonds. The van der Waals surface area contributed by atoms with Gasteiger partial charge in [0.25, 0.3) is 11.5 Å². The van der Waals surface area contributed by atoms with Crippen molar-refractivity contribution in [2.24, 2.45) is 22.7 Å². The van der Waals surface area contributed by atoms with E-state index in [1.807, 2.05) is 18.2 Å². The number of hydrogen-bond donors (Lipinski definition) is 2. The Kier molecular flexibility index (Phi) is 7.61. The quantitative estimate of drug-likeness (QED) is 0.397. The summed E-state index contributed by atoms with van der Waals surface area (Å²) in [4.78, 5) is 49.3. The van der Waals surface area contributed by atoms with Crippen molar-refractivity contribution in [1.82, 2.24) is 14.5 Å². The second-order valence-electron chi connectivity index (χ2n) is 12.3. The van der Waals surface area contributed by atoms with Gasteiger partial charge in [-0.05, 0) is 68.9 Å². The number of nitrogens with two attached hydrogens (primary N) is 1. The van der Waals surface area contributed by atoms with Crippen molar-refractivity contribution < 1.29 is 19.5 Å². The van der Waals surface area contributed by atoms with Gasteiger partial charge in [-0.1, -0.05) is 49.4 Å². The van der Waals surface area contributed by atoms with Crippen LogP contribution in [0.3, 0.4) is 0 Å². The van der Waals surface area contributed by atoms with Crippen molar-refractivity contribution in [3.05, 3.63) is 40.3 Å². The number of aromatic nitrogens is 2. The van der Waals surface area contributed by atoms with Gasteiger partial charge in [0.1, 0.15) is 0 Å². The fourth-order valence-corrected chi connectivity index (χ4v) is 8.33. The maximum atomic E-state index is 14.0. The number of carboxylic acid groups (broad SMARTS) is 1. The van der Waals surface area contributed by atoms with Gasteiger partial charge in [0.05, 0.1) is 11.0 Å². The molecule has 2 aliphatic heterocycles. The van der Waals surface area contributed by atoms with Crippen molar-refractivity contribution in [2.75, 3.05) is 6.61 Å². The van der Waals surface area contributed by atoms with Crippen molar-refractivity contribution in [3.63, 3.8) is 0 Å². The number of carbonyl (C=O) groups is 2. The van der Waals surface area contributed by atoms with E-state index in [1.54, 1.807) is 10.6 Å². The third-order valence-corrected chi connectivity index (χ3v) is 9.74. The zero-order valence-corrected chi connectivity index (χ0v) is 22.9. The summed E-state index contributed by atoms with van der Waals surface area (Å²) in [7, 11) is 0.